The van der Waals surface area contributed by atoms with E-state index >= 15 is 0 Å². The van der Waals surface area contributed by atoms with Crippen LogP contribution in [-0.2, 0) is 16.6 Å². The molecular formula is C9H12N4O2S. The van der Waals surface area contributed by atoms with E-state index in [-0.39, 0.29) is 4.90 Å². The molecule has 2 N–H and O–H groups in total. The number of sulfonamides is 1. The molecule has 0 amide bonds. The zero-order valence-corrected chi connectivity index (χ0v) is 9.53. The summed E-state index contributed by atoms with van der Waals surface area (Å²) in [4.78, 5) is 2.99. The molecule has 0 spiro atoms. The topological polar surface area (TPSA) is 81.8 Å². The van der Waals surface area contributed by atoms with Crippen molar-refractivity contribution in [3.05, 3.63) is 36.4 Å². The van der Waals surface area contributed by atoms with E-state index in [0.29, 0.717) is 6.54 Å². The van der Waals surface area contributed by atoms with Crippen LogP contribution in [0.15, 0.2) is 35.7 Å². The van der Waals surface area contributed by atoms with Gasteiger partial charge in [0.1, 0.15) is 0 Å². The van der Waals surface area contributed by atoms with Crippen LogP contribution in [0.2, 0.25) is 0 Å². The van der Waals surface area contributed by atoms with E-state index in [9.17, 15) is 8.42 Å². The maximum atomic E-state index is 12.0. The third-order valence-electron chi connectivity index (χ3n) is 2.24. The van der Waals surface area contributed by atoms with Crippen molar-refractivity contribution in [1.29, 1.82) is 0 Å². The van der Waals surface area contributed by atoms with E-state index < -0.39 is 10.0 Å². The Hall–Kier alpha value is -1.60. The maximum absolute atomic E-state index is 12.0. The first-order valence-corrected chi connectivity index (χ1v) is 6.11. The zero-order valence-electron chi connectivity index (χ0n) is 8.71. The second kappa shape index (κ2) is 4.11. The molecule has 7 heteroatoms. The number of rotatable bonds is 4. The Labute approximate surface area is 93.3 Å². The highest BCUT2D eigenvalue weighted by Crippen LogP contribution is 2.15. The predicted molar refractivity (Wildman–Crippen MR) is 58.0 cm³/mol. The van der Waals surface area contributed by atoms with Crippen molar-refractivity contribution >= 4 is 10.0 Å². The monoisotopic (exact) mass is 240 g/mol. The summed E-state index contributed by atoms with van der Waals surface area (Å²) in [5.41, 5.74) is 0.821. The summed E-state index contributed by atoms with van der Waals surface area (Å²) >= 11 is 0. The summed E-state index contributed by atoms with van der Waals surface area (Å²) in [6, 6.07) is 1.53. The molecule has 86 valence electrons. The molecule has 16 heavy (non-hydrogen) atoms. The molecule has 0 aliphatic heterocycles. The summed E-state index contributed by atoms with van der Waals surface area (Å²) in [5.74, 6) is 0. The molecule has 0 aromatic carbocycles. The fourth-order valence-corrected chi connectivity index (χ4v) is 2.49. The van der Waals surface area contributed by atoms with Crippen LogP contribution >= 0.6 is 0 Å². The molecule has 0 fully saturated rings. The molecule has 2 rings (SSSR count). The fourth-order valence-electron chi connectivity index (χ4n) is 1.36. The molecule has 0 radical (unpaired) electrons. The number of H-pyrrole nitrogens is 2. The average molecular weight is 240 g/mol. The van der Waals surface area contributed by atoms with Gasteiger partial charge in [0.05, 0.1) is 11.1 Å². The second-order valence-electron chi connectivity index (χ2n) is 3.41. The SMILES string of the molecule is CN(Cc1cn[nH]c1)S(=O)(=O)c1cc[nH]c1. The van der Waals surface area contributed by atoms with Gasteiger partial charge in [0, 0.05) is 37.7 Å². The summed E-state index contributed by atoms with van der Waals surface area (Å²) in [7, 11) is -1.87. The maximum Gasteiger partial charge on any atom is 0.244 e. The number of hydrogen-bond donors (Lipinski definition) is 2. The van der Waals surface area contributed by atoms with Crippen molar-refractivity contribution in [3.63, 3.8) is 0 Å². The number of aromatic amines is 2. The zero-order chi connectivity index (χ0) is 11.6. The Morgan fingerprint density at radius 1 is 1.44 bits per heavy atom. The van der Waals surface area contributed by atoms with Gasteiger partial charge in [-0.1, -0.05) is 0 Å². The minimum Gasteiger partial charge on any atom is -0.366 e. The van der Waals surface area contributed by atoms with Gasteiger partial charge in [-0.15, -0.1) is 0 Å². The van der Waals surface area contributed by atoms with Crippen LogP contribution in [0.5, 0.6) is 0 Å². The average Bonchev–Trinajstić information content (AvgIpc) is 2.89. The smallest absolute Gasteiger partial charge is 0.244 e. The van der Waals surface area contributed by atoms with Crippen molar-refractivity contribution in [2.75, 3.05) is 7.05 Å². The number of aromatic nitrogens is 3. The van der Waals surface area contributed by atoms with Crippen LogP contribution < -0.4 is 0 Å². The highest BCUT2D eigenvalue weighted by atomic mass is 32.2. The third-order valence-corrected chi connectivity index (χ3v) is 4.04. The van der Waals surface area contributed by atoms with Crippen LogP contribution in [-0.4, -0.2) is 35.0 Å². The first-order valence-electron chi connectivity index (χ1n) is 4.67. The lowest BCUT2D eigenvalue weighted by atomic mass is 10.4. The lowest BCUT2D eigenvalue weighted by molar-refractivity contribution is 0.467. The molecule has 2 aromatic rings. The second-order valence-corrected chi connectivity index (χ2v) is 5.46. The molecule has 0 unspecified atom stereocenters. The fraction of sp³-hybridized carbons (Fsp3) is 0.222. The number of nitrogens with one attached hydrogen (secondary N) is 2. The van der Waals surface area contributed by atoms with Crippen LogP contribution in [0.3, 0.4) is 0 Å². The molecule has 2 heterocycles. The summed E-state index contributed by atoms with van der Waals surface area (Å²) in [5, 5.41) is 6.41. The van der Waals surface area contributed by atoms with Gasteiger partial charge < -0.3 is 4.98 Å². The van der Waals surface area contributed by atoms with E-state index in [1.54, 1.807) is 18.6 Å². The lowest BCUT2D eigenvalue weighted by Gasteiger charge is -2.14. The van der Waals surface area contributed by atoms with Crippen LogP contribution in [0.25, 0.3) is 0 Å². The molecule has 2 aromatic heterocycles. The molecular weight excluding hydrogens is 228 g/mol. The first-order chi connectivity index (χ1) is 7.60. The molecule has 0 bridgehead atoms. The Kier molecular flexibility index (Phi) is 2.80. The highest BCUT2D eigenvalue weighted by Gasteiger charge is 2.21. The van der Waals surface area contributed by atoms with Gasteiger partial charge in [-0.05, 0) is 6.07 Å². The van der Waals surface area contributed by atoms with Crippen molar-refractivity contribution in [1.82, 2.24) is 19.5 Å². The molecule has 0 saturated heterocycles. The first kappa shape index (κ1) is 10.9. The van der Waals surface area contributed by atoms with Gasteiger partial charge >= 0.3 is 0 Å². The Morgan fingerprint density at radius 2 is 2.25 bits per heavy atom. The molecule has 0 atom stereocenters. The van der Waals surface area contributed by atoms with E-state index in [4.69, 9.17) is 0 Å². The van der Waals surface area contributed by atoms with Crippen molar-refractivity contribution in [2.24, 2.45) is 0 Å². The highest BCUT2D eigenvalue weighted by molar-refractivity contribution is 7.89. The van der Waals surface area contributed by atoms with Gasteiger partial charge in [0.15, 0.2) is 0 Å². The Morgan fingerprint density at radius 3 is 2.81 bits per heavy atom. The molecule has 0 aliphatic carbocycles. The van der Waals surface area contributed by atoms with Crippen LogP contribution in [0, 0.1) is 0 Å². The van der Waals surface area contributed by atoms with Gasteiger partial charge in [0.2, 0.25) is 10.0 Å². The summed E-state index contributed by atoms with van der Waals surface area (Å²) < 4.78 is 25.3. The van der Waals surface area contributed by atoms with E-state index in [1.807, 2.05) is 0 Å². The minimum absolute atomic E-state index is 0.262. The Balaban J connectivity index is 2.19. The quantitative estimate of drug-likeness (QED) is 0.819. The van der Waals surface area contributed by atoms with Gasteiger partial charge in [-0.25, -0.2) is 8.42 Å². The summed E-state index contributed by atoms with van der Waals surface area (Å²) in [6.07, 6.45) is 6.31. The Bertz CT molecular complexity index is 530. The lowest BCUT2D eigenvalue weighted by Crippen LogP contribution is -2.25. The van der Waals surface area contributed by atoms with E-state index in [0.717, 1.165) is 5.56 Å². The number of nitrogens with zero attached hydrogens (tertiary/aromatic N) is 2. The van der Waals surface area contributed by atoms with Crippen molar-refractivity contribution < 1.29 is 8.42 Å². The standard InChI is InChI=1S/C9H12N4O2S/c1-13(7-8-4-11-12-5-8)16(14,15)9-2-3-10-6-9/h2-6,10H,7H2,1H3,(H,11,12). The predicted octanol–water partition coefficient (Wildman–Crippen LogP) is 0.558. The third kappa shape index (κ3) is 2.00. The molecule has 0 saturated carbocycles. The van der Waals surface area contributed by atoms with Gasteiger partial charge in [0.25, 0.3) is 0 Å². The molecule has 6 nitrogen and oxygen atoms in total. The minimum atomic E-state index is -3.41. The van der Waals surface area contributed by atoms with Gasteiger partial charge in [-0.3, -0.25) is 5.10 Å². The normalized spacial score (nSPS) is 12.1. The summed E-state index contributed by atoms with van der Waals surface area (Å²) in [6.45, 7) is 0.296. The number of hydrogen-bond acceptors (Lipinski definition) is 3. The van der Waals surface area contributed by atoms with E-state index in [1.165, 1.54) is 23.6 Å². The van der Waals surface area contributed by atoms with Crippen LogP contribution in [0.1, 0.15) is 5.56 Å². The van der Waals surface area contributed by atoms with Crippen LogP contribution in [0.4, 0.5) is 0 Å². The molecule has 0 aliphatic rings. The van der Waals surface area contributed by atoms with Gasteiger partial charge in [-0.2, -0.15) is 9.40 Å². The largest absolute Gasteiger partial charge is 0.366 e. The van der Waals surface area contributed by atoms with Crippen molar-refractivity contribution in [2.45, 2.75) is 11.4 Å². The van der Waals surface area contributed by atoms with E-state index in [2.05, 4.69) is 15.2 Å². The van der Waals surface area contributed by atoms with Crippen molar-refractivity contribution in [3.8, 4) is 0 Å².